The van der Waals surface area contributed by atoms with Gasteiger partial charge in [-0.25, -0.2) is 0 Å². The zero-order valence-corrected chi connectivity index (χ0v) is 12.8. The summed E-state index contributed by atoms with van der Waals surface area (Å²) < 4.78 is 0. The van der Waals surface area contributed by atoms with Crippen LogP contribution in [0.2, 0.25) is 5.02 Å². The summed E-state index contributed by atoms with van der Waals surface area (Å²) in [6.07, 6.45) is 0. The fraction of sp³-hybridized carbons (Fsp3) is 0.133. The number of hydrogen-bond donors (Lipinski definition) is 1. The first-order valence-electron chi connectivity index (χ1n) is 6.41. The lowest BCUT2D eigenvalue weighted by atomic mass is 10.1. The number of rotatable bonds is 4. The SMILES string of the molecule is CN(C)c1cccc(C(=O)Nc2cc([N+](=O)[O-])ccc2Cl)c1. The van der Waals surface area contributed by atoms with Gasteiger partial charge >= 0.3 is 0 Å². The summed E-state index contributed by atoms with van der Waals surface area (Å²) in [6, 6.07) is 10.9. The van der Waals surface area contributed by atoms with Crippen LogP contribution in [0.3, 0.4) is 0 Å². The van der Waals surface area contributed by atoms with Crippen LogP contribution in [0.5, 0.6) is 0 Å². The van der Waals surface area contributed by atoms with E-state index in [-0.39, 0.29) is 22.3 Å². The number of amides is 1. The first kappa shape index (κ1) is 15.8. The Kier molecular flexibility index (Phi) is 4.62. The Morgan fingerprint density at radius 1 is 1.23 bits per heavy atom. The average molecular weight is 320 g/mol. The Labute approximate surface area is 132 Å². The van der Waals surface area contributed by atoms with Gasteiger partial charge in [-0.2, -0.15) is 0 Å². The van der Waals surface area contributed by atoms with Crippen molar-refractivity contribution >= 4 is 34.6 Å². The second-order valence-electron chi connectivity index (χ2n) is 4.82. The number of nitro groups is 1. The lowest BCUT2D eigenvalue weighted by Gasteiger charge is -2.13. The van der Waals surface area contributed by atoms with Gasteiger partial charge in [-0.3, -0.25) is 14.9 Å². The lowest BCUT2D eigenvalue weighted by Crippen LogP contribution is -2.14. The molecule has 0 fully saturated rings. The van der Waals surface area contributed by atoms with Crippen LogP contribution < -0.4 is 10.2 Å². The average Bonchev–Trinajstić information content (AvgIpc) is 2.49. The van der Waals surface area contributed by atoms with Gasteiger partial charge in [-0.1, -0.05) is 17.7 Å². The summed E-state index contributed by atoms with van der Waals surface area (Å²) in [6.45, 7) is 0. The van der Waals surface area contributed by atoms with E-state index in [1.165, 1.54) is 18.2 Å². The first-order chi connectivity index (χ1) is 10.4. The van der Waals surface area contributed by atoms with E-state index >= 15 is 0 Å². The van der Waals surface area contributed by atoms with Gasteiger partial charge in [-0.05, 0) is 24.3 Å². The molecule has 1 N–H and O–H groups in total. The van der Waals surface area contributed by atoms with Crippen molar-refractivity contribution in [1.29, 1.82) is 0 Å². The second-order valence-corrected chi connectivity index (χ2v) is 5.23. The molecule has 0 aliphatic carbocycles. The van der Waals surface area contributed by atoms with Crippen LogP contribution in [0.25, 0.3) is 0 Å². The maximum absolute atomic E-state index is 12.3. The third-order valence-corrected chi connectivity index (χ3v) is 3.36. The number of carbonyl (C=O) groups is 1. The van der Waals surface area contributed by atoms with Crippen LogP contribution in [0.4, 0.5) is 17.1 Å². The molecular formula is C15H14ClN3O3. The predicted molar refractivity (Wildman–Crippen MR) is 86.8 cm³/mol. The third kappa shape index (κ3) is 3.53. The molecule has 0 radical (unpaired) electrons. The lowest BCUT2D eigenvalue weighted by molar-refractivity contribution is -0.384. The van der Waals surface area contributed by atoms with E-state index in [1.807, 2.05) is 25.1 Å². The van der Waals surface area contributed by atoms with E-state index in [2.05, 4.69) is 5.32 Å². The van der Waals surface area contributed by atoms with E-state index < -0.39 is 4.92 Å². The Balaban J connectivity index is 2.27. The molecule has 0 aliphatic heterocycles. The molecule has 1 amide bonds. The molecule has 0 spiro atoms. The molecule has 6 nitrogen and oxygen atoms in total. The van der Waals surface area contributed by atoms with Crippen molar-refractivity contribution in [2.24, 2.45) is 0 Å². The van der Waals surface area contributed by atoms with E-state index in [0.29, 0.717) is 5.56 Å². The maximum atomic E-state index is 12.3. The molecule has 7 heteroatoms. The monoisotopic (exact) mass is 319 g/mol. The van der Waals surface area contributed by atoms with Gasteiger partial charge in [0.1, 0.15) is 0 Å². The number of benzene rings is 2. The van der Waals surface area contributed by atoms with E-state index in [4.69, 9.17) is 11.6 Å². The number of nitrogens with one attached hydrogen (secondary N) is 1. The van der Waals surface area contributed by atoms with Crippen LogP contribution in [0.15, 0.2) is 42.5 Å². The number of anilines is 2. The largest absolute Gasteiger partial charge is 0.378 e. The number of nitrogens with zero attached hydrogens (tertiary/aromatic N) is 2. The van der Waals surface area contributed by atoms with Crippen LogP contribution in [0, 0.1) is 10.1 Å². The highest BCUT2D eigenvalue weighted by molar-refractivity contribution is 6.34. The Morgan fingerprint density at radius 3 is 2.59 bits per heavy atom. The fourth-order valence-corrected chi connectivity index (χ4v) is 2.01. The van der Waals surface area contributed by atoms with Gasteiger partial charge in [0.25, 0.3) is 11.6 Å². The molecule has 2 aromatic rings. The van der Waals surface area contributed by atoms with Gasteiger partial charge in [-0.15, -0.1) is 0 Å². The van der Waals surface area contributed by atoms with Gasteiger partial charge in [0, 0.05) is 37.5 Å². The Bertz CT molecular complexity index is 732. The van der Waals surface area contributed by atoms with E-state index in [0.717, 1.165) is 5.69 Å². The highest BCUT2D eigenvalue weighted by Gasteiger charge is 2.13. The maximum Gasteiger partial charge on any atom is 0.271 e. The van der Waals surface area contributed by atoms with Crippen molar-refractivity contribution in [3.63, 3.8) is 0 Å². The van der Waals surface area contributed by atoms with Crippen molar-refractivity contribution in [1.82, 2.24) is 0 Å². The standard InChI is InChI=1S/C15H14ClN3O3/c1-18(2)11-5-3-4-10(8-11)15(20)17-14-9-12(19(21)22)6-7-13(14)16/h3-9H,1-2H3,(H,17,20). The minimum Gasteiger partial charge on any atom is -0.378 e. The van der Waals surface area contributed by atoms with Crippen molar-refractivity contribution in [2.45, 2.75) is 0 Å². The molecule has 22 heavy (non-hydrogen) atoms. The van der Waals surface area contributed by atoms with E-state index in [9.17, 15) is 14.9 Å². The topological polar surface area (TPSA) is 75.5 Å². The van der Waals surface area contributed by atoms with Crippen LogP contribution in [-0.2, 0) is 0 Å². The Hall–Kier alpha value is -2.60. The van der Waals surface area contributed by atoms with Crippen molar-refractivity contribution in [3.05, 3.63) is 63.2 Å². The highest BCUT2D eigenvalue weighted by Crippen LogP contribution is 2.27. The second kappa shape index (κ2) is 6.44. The fourth-order valence-electron chi connectivity index (χ4n) is 1.84. The zero-order valence-electron chi connectivity index (χ0n) is 12.0. The quantitative estimate of drug-likeness (QED) is 0.690. The van der Waals surface area contributed by atoms with E-state index in [1.54, 1.807) is 18.2 Å². The molecule has 114 valence electrons. The molecule has 0 bridgehead atoms. The molecular weight excluding hydrogens is 306 g/mol. The van der Waals surface area contributed by atoms with Crippen LogP contribution in [-0.4, -0.2) is 24.9 Å². The Morgan fingerprint density at radius 2 is 1.95 bits per heavy atom. The number of hydrogen-bond acceptors (Lipinski definition) is 4. The molecule has 2 aromatic carbocycles. The zero-order chi connectivity index (χ0) is 16.3. The molecule has 0 aliphatic rings. The summed E-state index contributed by atoms with van der Waals surface area (Å²) in [5.74, 6) is -0.383. The summed E-state index contributed by atoms with van der Waals surface area (Å²) >= 11 is 5.97. The predicted octanol–water partition coefficient (Wildman–Crippen LogP) is 3.57. The molecule has 0 aromatic heterocycles. The van der Waals surface area contributed by atoms with Crippen LogP contribution in [0.1, 0.15) is 10.4 Å². The molecule has 0 saturated carbocycles. The summed E-state index contributed by atoms with van der Waals surface area (Å²) in [5, 5.41) is 13.6. The highest BCUT2D eigenvalue weighted by atomic mass is 35.5. The minimum atomic E-state index is -0.543. The van der Waals surface area contributed by atoms with Gasteiger partial charge in [0.05, 0.1) is 15.6 Å². The molecule has 0 unspecified atom stereocenters. The number of carbonyl (C=O) groups excluding carboxylic acids is 1. The summed E-state index contributed by atoms with van der Waals surface area (Å²) in [4.78, 5) is 24.4. The third-order valence-electron chi connectivity index (χ3n) is 3.03. The molecule has 2 rings (SSSR count). The minimum absolute atomic E-state index is 0.137. The van der Waals surface area contributed by atoms with Crippen LogP contribution >= 0.6 is 11.6 Å². The van der Waals surface area contributed by atoms with Crippen molar-refractivity contribution in [3.8, 4) is 0 Å². The number of halogens is 1. The first-order valence-corrected chi connectivity index (χ1v) is 6.79. The summed E-state index contributed by atoms with van der Waals surface area (Å²) in [5.41, 5.74) is 1.38. The molecule has 0 heterocycles. The van der Waals surface area contributed by atoms with Gasteiger partial charge < -0.3 is 10.2 Å². The number of nitro benzene ring substituents is 1. The van der Waals surface area contributed by atoms with Crippen molar-refractivity contribution < 1.29 is 9.72 Å². The number of non-ortho nitro benzene ring substituents is 1. The molecule has 0 atom stereocenters. The van der Waals surface area contributed by atoms with Crippen molar-refractivity contribution in [2.75, 3.05) is 24.3 Å². The molecule has 0 saturated heterocycles. The van der Waals surface area contributed by atoms with Gasteiger partial charge in [0.15, 0.2) is 0 Å². The normalized spacial score (nSPS) is 10.1. The van der Waals surface area contributed by atoms with Gasteiger partial charge in [0.2, 0.25) is 0 Å². The summed E-state index contributed by atoms with van der Waals surface area (Å²) in [7, 11) is 3.74. The smallest absolute Gasteiger partial charge is 0.271 e.